The van der Waals surface area contributed by atoms with Gasteiger partial charge in [-0.25, -0.2) is 9.18 Å². The molecule has 5 nitrogen and oxygen atoms in total. The summed E-state index contributed by atoms with van der Waals surface area (Å²) in [4.78, 5) is 10.6. The van der Waals surface area contributed by atoms with Crippen molar-refractivity contribution in [3.8, 4) is 0 Å². The van der Waals surface area contributed by atoms with Gasteiger partial charge < -0.3 is 10.8 Å². The molecule has 0 unspecified atom stereocenters. The average Bonchev–Trinajstić information content (AvgIpc) is 2.47. The Labute approximate surface area is 77.3 Å². The monoisotopic (exact) mass is 195 g/mol. The number of carbonyl (C=O) groups is 1. The van der Waals surface area contributed by atoms with Crippen LogP contribution in [0.2, 0.25) is 0 Å². The summed E-state index contributed by atoms with van der Waals surface area (Å²) < 4.78 is 13.3. The number of hydrogen-bond donors (Lipinski definition) is 3. The first-order valence-electron chi connectivity index (χ1n) is 3.76. The molecular weight excluding hydrogens is 189 g/mol. The largest absolute Gasteiger partial charge is 0.476 e. The third kappa shape index (κ3) is 1.08. The van der Waals surface area contributed by atoms with Crippen molar-refractivity contribution in [3.63, 3.8) is 0 Å². The fourth-order valence-electron chi connectivity index (χ4n) is 1.28. The first-order valence-corrected chi connectivity index (χ1v) is 3.76. The van der Waals surface area contributed by atoms with E-state index in [9.17, 15) is 9.18 Å². The molecule has 0 atom stereocenters. The maximum absolute atomic E-state index is 13.3. The van der Waals surface area contributed by atoms with E-state index in [0.717, 1.165) is 6.07 Å². The Morgan fingerprint density at radius 3 is 2.93 bits per heavy atom. The summed E-state index contributed by atoms with van der Waals surface area (Å²) in [5.41, 5.74) is 5.54. The van der Waals surface area contributed by atoms with Gasteiger partial charge in [0, 0.05) is 5.69 Å². The number of aromatic carboxylic acids is 1. The van der Waals surface area contributed by atoms with Gasteiger partial charge in [0.1, 0.15) is 5.82 Å². The van der Waals surface area contributed by atoms with E-state index in [4.69, 9.17) is 10.8 Å². The lowest BCUT2D eigenvalue weighted by molar-refractivity contribution is 0.0692. The van der Waals surface area contributed by atoms with Crippen LogP contribution in [0, 0.1) is 5.82 Å². The third-order valence-corrected chi connectivity index (χ3v) is 1.84. The number of nitrogen functional groups attached to an aromatic ring is 1. The molecule has 6 heteroatoms. The van der Waals surface area contributed by atoms with E-state index in [-0.39, 0.29) is 22.3 Å². The molecule has 0 bridgehead atoms. The molecule has 0 saturated carbocycles. The quantitative estimate of drug-likeness (QED) is 0.591. The topological polar surface area (TPSA) is 92.0 Å². The van der Waals surface area contributed by atoms with Gasteiger partial charge >= 0.3 is 5.97 Å². The lowest BCUT2D eigenvalue weighted by Crippen LogP contribution is -1.98. The summed E-state index contributed by atoms with van der Waals surface area (Å²) in [5, 5.41) is 14.5. The minimum absolute atomic E-state index is 0.0494. The third-order valence-electron chi connectivity index (χ3n) is 1.84. The lowest BCUT2D eigenvalue weighted by atomic mass is 10.2. The number of aromatic nitrogens is 2. The molecule has 1 aromatic heterocycles. The maximum Gasteiger partial charge on any atom is 0.357 e. The molecule has 0 aliphatic heterocycles. The predicted molar refractivity (Wildman–Crippen MR) is 47.4 cm³/mol. The van der Waals surface area contributed by atoms with Crippen molar-refractivity contribution >= 4 is 22.6 Å². The van der Waals surface area contributed by atoms with E-state index in [1.54, 1.807) is 0 Å². The number of carboxylic acids is 1. The van der Waals surface area contributed by atoms with Crippen molar-refractivity contribution in [1.29, 1.82) is 0 Å². The van der Waals surface area contributed by atoms with Crippen molar-refractivity contribution in [2.24, 2.45) is 0 Å². The molecule has 4 N–H and O–H groups in total. The van der Waals surface area contributed by atoms with Gasteiger partial charge in [-0.3, -0.25) is 5.10 Å². The second kappa shape index (κ2) is 2.69. The normalized spacial score (nSPS) is 10.6. The predicted octanol–water partition coefficient (Wildman–Crippen LogP) is 0.982. The molecule has 0 aliphatic carbocycles. The standard InChI is InChI=1S/C8H6FN3O2/c9-4-1-3(10)2-5-6(4)7(8(13)14)12-11-5/h1-2H,10H2,(H,11,12)(H,13,14). The Kier molecular flexibility index (Phi) is 1.63. The molecule has 2 aromatic rings. The van der Waals surface area contributed by atoms with Crippen LogP contribution < -0.4 is 5.73 Å². The average molecular weight is 195 g/mol. The minimum Gasteiger partial charge on any atom is -0.476 e. The first-order chi connectivity index (χ1) is 6.59. The molecule has 0 saturated heterocycles. The molecule has 2 rings (SSSR count). The first kappa shape index (κ1) is 8.49. The number of rotatable bonds is 1. The fourth-order valence-corrected chi connectivity index (χ4v) is 1.28. The Morgan fingerprint density at radius 2 is 2.29 bits per heavy atom. The number of aromatic amines is 1. The zero-order chi connectivity index (χ0) is 10.3. The van der Waals surface area contributed by atoms with Crippen LogP contribution in [-0.2, 0) is 0 Å². The smallest absolute Gasteiger partial charge is 0.357 e. The molecule has 72 valence electrons. The number of nitrogens with one attached hydrogen (secondary N) is 1. The lowest BCUT2D eigenvalue weighted by Gasteiger charge is -1.95. The van der Waals surface area contributed by atoms with E-state index >= 15 is 0 Å². The van der Waals surface area contributed by atoms with E-state index in [0.29, 0.717) is 0 Å². The highest BCUT2D eigenvalue weighted by molar-refractivity contribution is 6.01. The Hall–Kier alpha value is -2.11. The van der Waals surface area contributed by atoms with Crippen molar-refractivity contribution < 1.29 is 14.3 Å². The molecule has 0 aliphatic rings. The highest BCUT2D eigenvalue weighted by Crippen LogP contribution is 2.22. The van der Waals surface area contributed by atoms with Crippen LogP contribution >= 0.6 is 0 Å². The van der Waals surface area contributed by atoms with Crippen LogP contribution in [0.15, 0.2) is 12.1 Å². The summed E-state index contributed by atoms with van der Waals surface area (Å²) in [6.07, 6.45) is 0. The van der Waals surface area contributed by atoms with E-state index in [2.05, 4.69) is 10.2 Å². The number of hydrogen-bond acceptors (Lipinski definition) is 3. The number of anilines is 1. The minimum atomic E-state index is -1.28. The molecule has 0 fully saturated rings. The SMILES string of the molecule is Nc1cc(F)c2c(C(=O)O)n[nH]c2c1. The summed E-state index contributed by atoms with van der Waals surface area (Å²) >= 11 is 0. The molecule has 1 aromatic carbocycles. The van der Waals surface area contributed by atoms with Gasteiger partial charge in [0.05, 0.1) is 10.9 Å². The van der Waals surface area contributed by atoms with Crippen molar-refractivity contribution in [3.05, 3.63) is 23.6 Å². The summed E-state index contributed by atoms with van der Waals surface area (Å²) in [7, 11) is 0. The number of nitrogens with zero attached hydrogens (tertiary/aromatic N) is 1. The molecular formula is C8H6FN3O2. The van der Waals surface area contributed by atoms with E-state index < -0.39 is 11.8 Å². The van der Waals surface area contributed by atoms with Gasteiger partial charge in [-0.05, 0) is 12.1 Å². The van der Waals surface area contributed by atoms with Gasteiger partial charge in [-0.15, -0.1) is 0 Å². The maximum atomic E-state index is 13.3. The number of carboxylic acid groups (broad SMARTS) is 1. The fraction of sp³-hybridized carbons (Fsp3) is 0. The van der Waals surface area contributed by atoms with Crippen molar-refractivity contribution in [2.45, 2.75) is 0 Å². The van der Waals surface area contributed by atoms with Crippen LogP contribution in [0.25, 0.3) is 10.9 Å². The van der Waals surface area contributed by atoms with Crippen molar-refractivity contribution in [2.75, 3.05) is 5.73 Å². The number of halogens is 1. The zero-order valence-corrected chi connectivity index (χ0v) is 6.91. The van der Waals surface area contributed by atoms with Gasteiger partial charge in [-0.1, -0.05) is 0 Å². The Morgan fingerprint density at radius 1 is 1.57 bits per heavy atom. The molecule has 0 radical (unpaired) electrons. The van der Waals surface area contributed by atoms with Gasteiger partial charge in [-0.2, -0.15) is 5.10 Å². The van der Waals surface area contributed by atoms with Crippen LogP contribution in [0.5, 0.6) is 0 Å². The summed E-state index contributed by atoms with van der Waals surface area (Å²) in [5.74, 6) is -1.97. The zero-order valence-electron chi connectivity index (χ0n) is 6.91. The number of H-pyrrole nitrogens is 1. The van der Waals surface area contributed by atoms with Gasteiger partial charge in [0.15, 0.2) is 5.69 Å². The summed E-state index contributed by atoms with van der Waals surface area (Å²) in [6, 6.07) is 2.49. The Bertz CT molecular complexity index is 521. The van der Waals surface area contributed by atoms with Gasteiger partial charge in [0.25, 0.3) is 0 Å². The number of nitrogens with two attached hydrogens (primary N) is 1. The molecule has 0 amide bonds. The van der Waals surface area contributed by atoms with Crippen LogP contribution in [0.3, 0.4) is 0 Å². The van der Waals surface area contributed by atoms with Gasteiger partial charge in [0.2, 0.25) is 0 Å². The van der Waals surface area contributed by atoms with E-state index in [1.807, 2.05) is 0 Å². The van der Waals surface area contributed by atoms with E-state index in [1.165, 1.54) is 6.07 Å². The van der Waals surface area contributed by atoms with Crippen molar-refractivity contribution in [1.82, 2.24) is 10.2 Å². The number of fused-ring (bicyclic) bond motifs is 1. The highest BCUT2D eigenvalue weighted by atomic mass is 19.1. The summed E-state index contributed by atoms with van der Waals surface area (Å²) in [6.45, 7) is 0. The second-order valence-corrected chi connectivity index (χ2v) is 2.80. The number of benzene rings is 1. The van der Waals surface area contributed by atoms with Crippen LogP contribution in [0.4, 0.5) is 10.1 Å². The molecule has 0 spiro atoms. The van der Waals surface area contributed by atoms with Crippen LogP contribution in [-0.4, -0.2) is 21.3 Å². The highest BCUT2D eigenvalue weighted by Gasteiger charge is 2.16. The molecule has 1 heterocycles. The molecule has 14 heavy (non-hydrogen) atoms. The van der Waals surface area contributed by atoms with Crippen LogP contribution in [0.1, 0.15) is 10.5 Å². The Balaban J connectivity index is 2.85. The second-order valence-electron chi connectivity index (χ2n) is 2.80.